The summed E-state index contributed by atoms with van der Waals surface area (Å²) in [6, 6.07) is 1.88. The molecule has 0 aromatic carbocycles. The van der Waals surface area contributed by atoms with E-state index in [0.29, 0.717) is 13.1 Å². The van der Waals surface area contributed by atoms with Crippen LogP contribution in [0.1, 0.15) is 0 Å². The molecular weight excluding hydrogens is 298 g/mol. The highest BCUT2D eigenvalue weighted by molar-refractivity contribution is 9.10. The number of β-amino-alcohol motifs (C(OH)–C–C–N with tert-alkyl or cyclic N) is 1. The first kappa shape index (κ1) is 13.7. The van der Waals surface area contributed by atoms with Crippen molar-refractivity contribution >= 4 is 21.6 Å². The Balaban J connectivity index is 1.74. The number of nitrogens with one attached hydrogen (secondary N) is 1. The van der Waals surface area contributed by atoms with Crippen LogP contribution in [0, 0.1) is 0 Å². The number of aliphatic hydroxyl groups is 1. The van der Waals surface area contributed by atoms with Gasteiger partial charge in [-0.2, -0.15) is 0 Å². The standard InChI is InChI=1S/C12H18BrN3O2/c13-11-8-14-2-1-12(11)15-7-10(17)9-16-3-5-18-6-4-16/h1-2,8,10,17H,3-7,9H2,(H,14,15)/t10-/m0/s1. The van der Waals surface area contributed by atoms with E-state index in [9.17, 15) is 5.11 Å². The zero-order chi connectivity index (χ0) is 12.8. The second-order valence-electron chi connectivity index (χ2n) is 4.30. The smallest absolute Gasteiger partial charge is 0.0839 e. The van der Waals surface area contributed by atoms with Crippen LogP contribution in [0.5, 0.6) is 0 Å². The van der Waals surface area contributed by atoms with E-state index in [1.165, 1.54) is 0 Å². The van der Waals surface area contributed by atoms with Crippen molar-refractivity contribution < 1.29 is 9.84 Å². The summed E-state index contributed by atoms with van der Waals surface area (Å²) < 4.78 is 6.18. The maximum absolute atomic E-state index is 9.98. The predicted molar refractivity (Wildman–Crippen MR) is 73.7 cm³/mol. The molecule has 5 nitrogen and oxygen atoms in total. The first-order valence-electron chi connectivity index (χ1n) is 6.07. The van der Waals surface area contributed by atoms with Gasteiger partial charge in [-0.1, -0.05) is 0 Å². The minimum atomic E-state index is -0.386. The normalized spacial score (nSPS) is 18.6. The van der Waals surface area contributed by atoms with Crippen molar-refractivity contribution in [2.24, 2.45) is 0 Å². The summed E-state index contributed by atoms with van der Waals surface area (Å²) in [5.74, 6) is 0. The molecule has 0 spiro atoms. The van der Waals surface area contributed by atoms with Gasteiger partial charge >= 0.3 is 0 Å². The number of anilines is 1. The Bertz CT molecular complexity index is 372. The van der Waals surface area contributed by atoms with Crippen LogP contribution in [-0.2, 0) is 4.74 Å². The summed E-state index contributed by atoms with van der Waals surface area (Å²) in [6.45, 7) is 4.52. The fourth-order valence-corrected chi connectivity index (χ4v) is 2.28. The van der Waals surface area contributed by atoms with Crippen molar-refractivity contribution in [1.82, 2.24) is 9.88 Å². The zero-order valence-corrected chi connectivity index (χ0v) is 11.8. The van der Waals surface area contributed by atoms with Crippen LogP contribution in [0.15, 0.2) is 22.9 Å². The van der Waals surface area contributed by atoms with Gasteiger partial charge in [-0.15, -0.1) is 0 Å². The number of ether oxygens (including phenoxy) is 1. The van der Waals surface area contributed by atoms with Gasteiger partial charge in [0.2, 0.25) is 0 Å². The number of nitrogens with zero attached hydrogens (tertiary/aromatic N) is 2. The number of hydrogen-bond acceptors (Lipinski definition) is 5. The predicted octanol–water partition coefficient (Wildman–Crippen LogP) is 0.949. The van der Waals surface area contributed by atoms with Gasteiger partial charge in [0.05, 0.1) is 29.5 Å². The molecule has 1 atom stereocenters. The lowest BCUT2D eigenvalue weighted by Crippen LogP contribution is -2.42. The van der Waals surface area contributed by atoms with Gasteiger partial charge in [-0.05, 0) is 22.0 Å². The van der Waals surface area contributed by atoms with Crippen LogP contribution < -0.4 is 5.32 Å². The molecule has 0 unspecified atom stereocenters. The molecule has 1 aromatic rings. The van der Waals surface area contributed by atoms with Crippen LogP contribution in [0.25, 0.3) is 0 Å². The van der Waals surface area contributed by atoms with Gasteiger partial charge in [0, 0.05) is 38.6 Å². The van der Waals surface area contributed by atoms with Crippen molar-refractivity contribution in [1.29, 1.82) is 0 Å². The van der Waals surface area contributed by atoms with E-state index in [1.54, 1.807) is 12.4 Å². The quantitative estimate of drug-likeness (QED) is 0.847. The van der Waals surface area contributed by atoms with Gasteiger partial charge in [0.25, 0.3) is 0 Å². The molecule has 100 valence electrons. The zero-order valence-electron chi connectivity index (χ0n) is 10.2. The molecule has 2 rings (SSSR count). The Morgan fingerprint density at radius 1 is 1.50 bits per heavy atom. The summed E-state index contributed by atoms with van der Waals surface area (Å²) in [5.41, 5.74) is 0.950. The molecular formula is C12H18BrN3O2. The largest absolute Gasteiger partial charge is 0.390 e. The highest BCUT2D eigenvalue weighted by Gasteiger charge is 2.14. The van der Waals surface area contributed by atoms with Gasteiger partial charge < -0.3 is 15.2 Å². The number of hydrogen-bond donors (Lipinski definition) is 2. The average Bonchev–Trinajstić information content (AvgIpc) is 2.39. The molecule has 6 heteroatoms. The molecule has 0 saturated carbocycles. The van der Waals surface area contributed by atoms with Gasteiger partial charge in [-0.3, -0.25) is 9.88 Å². The van der Waals surface area contributed by atoms with E-state index in [4.69, 9.17) is 4.74 Å². The molecule has 0 radical (unpaired) electrons. The molecule has 1 aliphatic rings. The topological polar surface area (TPSA) is 57.6 Å². The Morgan fingerprint density at radius 3 is 3.00 bits per heavy atom. The number of aliphatic hydroxyl groups excluding tert-OH is 1. The Morgan fingerprint density at radius 2 is 2.28 bits per heavy atom. The molecule has 0 amide bonds. The van der Waals surface area contributed by atoms with Crippen molar-refractivity contribution in [2.45, 2.75) is 6.10 Å². The molecule has 1 fully saturated rings. The van der Waals surface area contributed by atoms with E-state index >= 15 is 0 Å². The van der Waals surface area contributed by atoms with E-state index in [1.807, 2.05) is 6.07 Å². The minimum absolute atomic E-state index is 0.386. The Kier molecular flexibility index (Phi) is 5.37. The van der Waals surface area contributed by atoms with Crippen molar-refractivity contribution in [2.75, 3.05) is 44.7 Å². The van der Waals surface area contributed by atoms with E-state index < -0.39 is 0 Å². The summed E-state index contributed by atoms with van der Waals surface area (Å²) in [4.78, 5) is 6.21. The molecule has 0 bridgehead atoms. The van der Waals surface area contributed by atoms with Crippen molar-refractivity contribution in [3.05, 3.63) is 22.9 Å². The summed E-state index contributed by atoms with van der Waals surface area (Å²) >= 11 is 3.41. The highest BCUT2D eigenvalue weighted by atomic mass is 79.9. The maximum Gasteiger partial charge on any atom is 0.0839 e. The first-order chi connectivity index (χ1) is 8.75. The average molecular weight is 316 g/mol. The summed E-state index contributed by atoms with van der Waals surface area (Å²) in [6.07, 6.45) is 3.07. The van der Waals surface area contributed by atoms with Crippen LogP contribution in [0.3, 0.4) is 0 Å². The second-order valence-corrected chi connectivity index (χ2v) is 5.16. The molecule has 0 aliphatic carbocycles. The molecule has 1 aliphatic heterocycles. The fraction of sp³-hybridized carbons (Fsp3) is 0.583. The first-order valence-corrected chi connectivity index (χ1v) is 6.86. The van der Waals surface area contributed by atoms with Gasteiger partial charge in [-0.25, -0.2) is 0 Å². The lowest BCUT2D eigenvalue weighted by molar-refractivity contribution is 0.0171. The van der Waals surface area contributed by atoms with Crippen LogP contribution in [0.4, 0.5) is 5.69 Å². The Labute approximate surface area is 115 Å². The highest BCUT2D eigenvalue weighted by Crippen LogP contribution is 2.19. The molecule has 18 heavy (non-hydrogen) atoms. The fourth-order valence-electron chi connectivity index (χ4n) is 1.89. The lowest BCUT2D eigenvalue weighted by Gasteiger charge is -2.28. The third-order valence-corrected chi connectivity index (χ3v) is 3.51. The third kappa shape index (κ3) is 4.20. The molecule has 2 heterocycles. The van der Waals surface area contributed by atoms with E-state index in [0.717, 1.165) is 36.5 Å². The number of halogens is 1. The molecule has 1 saturated heterocycles. The third-order valence-electron chi connectivity index (χ3n) is 2.87. The summed E-state index contributed by atoms with van der Waals surface area (Å²) in [7, 11) is 0. The summed E-state index contributed by atoms with van der Waals surface area (Å²) in [5, 5.41) is 13.2. The molecule has 2 N–H and O–H groups in total. The van der Waals surface area contributed by atoms with E-state index in [-0.39, 0.29) is 6.10 Å². The monoisotopic (exact) mass is 315 g/mol. The Hall–Kier alpha value is -0.690. The maximum atomic E-state index is 9.98. The van der Waals surface area contributed by atoms with Crippen LogP contribution >= 0.6 is 15.9 Å². The molecule has 1 aromatic heterocycles. The lowest BCUT2D eigenvalue weighted by atomic mass is 10.3. The van der Waals surface area contributed by atoms with Crippen molar-refractivity contribution in [3.63, 3.8) is 0 Å². The van der Waals surface area contributed by atoms with Crippen LogP contribution in [-0.4, -0.2) is 60.5 Å². The van der Waals surface area contributed by atoms with Gasteiger partial charge in [0.15, 0.2) is 0 Å². The minimum Gasteiger partial charge on any atom is -0.390 e. The number of morpholine rings is 1. The SMILES string of the molecule is O[C@@H](CNc1ccncc1Br)CN1CCOCC1. The van der Waals surface area contributed by atoms with E-state index in [2.05, 4.69) is 31.1 Å². The number of pyridine rings is 1. The van der Waals surface area contributed by atoms with Crippen molar-refractivity contribution in [3.8, 4) is 0 Å². The number of rotatable bonds is 5. The second kappa shape index (κ2) is 7.04. The number of aromatic nitrogens is 1. The van der Waals surface area contributed by atoms with Gasteiger partial charge in [0.1, 0.15) is 0 Å². The van der Waals surface area contributed by atoms with Crippen LogP contribution in [0.2, 0.25) is 0 Å².